The zero-order valence-electron chi connectivity index (χ0n) is 13.9. The highest BCUT2D eigenvalue weighted by Gasteiger charge is 2.44. The molecule has 1 aromatic rings. The number of carbonyl (C=O) groups excluding carboxylic acids is 3. The average molecular weight is 345 g/mol. The summed E-state index contributed by atoms with van der Waals surface area (Å²) in [5, 5.41) is 0.609. The second kappa shape index (κ2) is 6.32. The Labute approximate surface area is 145 Å². The summed E-state index contributed by atoms with van der Waals surface area (Å²) in [6, 6.07) is 7.26. The van der Waals surface area contributed by atoms with Crippen molar-refractivity contribution in [2.45, 2.75) is 25.7 Å². The van der Waals surface area contributed by atoms with Crippen molar-refractivity contribution in [1.29, 1.82) is 0 Å². The number of hydrogen-bond acceptors (Lipinski definition) is 5. The van der Waals surface area contributed by atoms with Crippen LogP contribution in [-0.4, -0.2) is 47.3 Å². The molecule has 0 bridgehead atoms. The van der Waals surface area contributed by atoms with Crippen LogP contribution in [0.5, 0.6) is 0 Å². The first-order chi connectivity index (χ1) is 11.5. The molecule has 4 amide bonds. The van der Waals surface area contributed by atoms with E-state index in [0.29, 0.717) is 11.6 Å². The molecular weight excluding hydrogens is 326 g/mol. The van der Waals surface area contributed by atoms with Gasteiger partial charge in [0.2, 0.25) is 0 Å². The summed E-state index contributed by atoms with van der Waals surface area (Å²) >= 11 is 1.41. The first-order valence-corrected chi connectivity index (χ1v) is 8.83. The van der Waals surface area contributed by atoms with Crippen molar-refractivity contribution >= 4 is 35.3 Å². The minimum absolute atomic E-state index is 0.0846. The Balaban J connectivity index is 2.15. The zero-order valence-corrected chi connectivity index (χ0v) is 14.7. The number of imide groups is 2. The number of anilines is 1. The van der Waals surface area contributed by atoms with Crippen molar-refractivity contribution < 1.29 is 14.4 Å². The lowest BCUT2D eigenvalue weighted by Crippen LogP contribution is -2.56. The minimum Gasteiger partial charge on any atom is -0.334 e. The molecule has 6 nitrogen and oxygen atoms in total. The molecule has 2 aliphatic rings. The Morgan fingerprint density at radius 3 is 1.92 bits per heavy atom. The molecule has 0 aliphatic carbocycles. The summed E-state index contributed by atoms with van der Waals surface area (Å²) in [6.07, 6.45) is 0. The smallest absolute Gasteiger partial charge is 0.333 e. The van der Waals surface area contributed by atoms with Gasteiger partial charge < -0.3 is 4.90 Å². The van der Waals surface area contributed by atoms with Crippen LogP contribution in [0.2, 0.25) is 0 Å². The van der Waals surface area contributed by atoms with Crippen LogP contribution >= 0.6 is 11.8 Å². The average Bonchev–Trinajstić information content (AvgIpc) is 2.93. The van der Waals surface area contributed by atoms with Crippen LogP contribution in [0.3, 0.4) is 0 Å². The van der Waals surface area contributed by atoms with E-state index in [0.717, 1.165) is 20.4 Å². The van der Waals surface area contributed by atoms with Gasteiger partial charge in [0.1, 0.15) is 5.57 Å². The molecule has 2 heterocycles. The molecule has 0 N–H and O–H groups in total. The van der Waals surface area contributed by atoms with E-state index in [4.69, 9.17) is 0 Å². The molecule has 0 aromatic heterocycles. The van der Waals surface area contributed by atoms with E-state index in [9.17, 15) is 14.4 Å². The SMILES string of the molecule is CCN1C(=O)C(=C2Sc3ccccc3N2CC)C(=O)N(CC)C1=O. The first-order valence-electron chi connectivity index (χ1n) is 8.01. The van der Waals surface area contributed by atoms with Gasteiger partial charge in [-0.15, -0.1) is 0 Å². The Morgan fingerprint density at radius 2 is 1.38 bits per heavy atom. The molecule has 3 rings (SSSR count). The standard InChI is InChI=1S/C17H19N3O3S/c1-4-18-11-9-7-8-10-12(11)24-16(18)13-14(21)19(5-2)17(23)20(6-3)15(13)22/h7-10H,4-6H2,1-3H3. The third kappa shape index (κ3) is 2.31. The molecule has 0 radical (unpaired) electrons. The Kier molecular flexibility index (Phi) is 4.36. The number of amides is 4. The number of nitrogens with zero attached hydrogens (tertiary/aromatic N) is 3. The van der Waals surface area contributed by atoms with Crippen LogP contribution in [0.25, 0.3) is 0 Å². The van der Waals surface area contributed by atoms with Gasteiger partial charge in [0.25, 0.3) is 11.8 Å². The van der Waals surface area contributed by atoms with Crippen LogP contribution in [0.4, 0.5) is 10.5 Å². The van der Waals surface area contributed by atoms with E-state index in [-0.39, 0.29) is 18.7 Å². The fraction of sp³-hybridized carbons (Fsp3) is 0.353. The summed E-state index contributed by atoms with van der Waals surface area (Å²) in [5.74, 6) is -1.02. The maximum Gasteiger partial charge on any atom is 0.333 e. The number of fused-ring (bicyclic) bond motifs is 1. The van der Waals surface area contributed by atoms with Gasteiger partial charge in [0, 0.05) is 24.5 Å². The van der Waals surface area contributed by atoms with Crippen molar-refractivity contribution in [2.24, 2.45) is 0 Å². The lowest BCUT2D eigenvalue weighted by molar-refractivity contribution is -0.135. The number of hydrogen-bond donors (Lipinski definition) is 0. The van der Waals surface area contributed by atoms with Crippen LogP contribution in [0.1, 0.15) is 20.8 Å². The molecule has 1 saturated heterocycles. The zero-order chi connectivity index (χ0) is 17.4. The van der Waals surface area contributed by atoms with Crippen molar-refractivity contribution in [3.05, 3.63) is 34.9 Å². The van der Waals surface area contributed by atoms with Crippen molar-refractivity contribution in [1.82, 2.24) is 9.80 Å². The third-order valence-electron chi connectivity index (χ3n) is 4.15. The number of urea groups is 1. The molecule has 7 heteroatoms. The lowest BCUT2D eigenvalue weighted by atomic mass is 10.1. The number of thioether (sulfide) groups is 1. The highest BCUT2D eigenvalue weighted by atomic mass is 32.2. The Bertz CT molecular complexity index is 731. The van der Waals surface area contributed by atoms with Crippen molar-refractivity contribution in [3.63, 3.8) is 0 Å². The van der Waals surface area contributed by atoms with E-state index in [1.165, 1.54) is 11.8 Å². The summed E-state index contributed by atoms with van der Waals surface area (Å²) in [5.41, 5.74) is 1.07. The summed E-state index contributed by atoms with van der Waals surface area (Å²) in [4.78, 5) is 43.1. The van der Waals surface area contributed by atoms with Crippen LogP contribution in [0.15, 0.2) is 39.8 Å². The van der Waals surface area contributed by atoms with Crippen LogP contribution in [0, 0.1) is 0 Å². The molecule has 0 spiro atoms. The minimum atomic E-state index is -0.539. The van der Waals surface area contributed by atoms with Gasteiger partial charge >= 0.3 is 6.03 Å². The van der Waals surface area contributed by atoms with E-state index in [1.54, 1.807) is 13.8 Å². The number of barbiturate groups is 1. The van der Waals surface area contributed by atoms with Gasteiger partial charge in [-0.25, -0.2) is 4.79 Å². The number of para-hydroxylation sites is 1. The Morgan fingerprint density at radius 1 is 0.833 bits per heavy atom. The molecule has 1 fully saturated rings. The fourth-order valence-electron chi connectivity index (χ4n) is 2.96. The normalized spacial score (nSPS) is 18.0. The molecule has 126 valence electrons. The predicted octanol–water partition coefficient (Wildman–Crippen LogP) is 2.66. The second-order valence-corrected chi connectivity index (χ2v) is 6.41. The second-order valence-electron chi connectivity index (χ2n) is 5.38. The summed E-state index contributed by atoms with van der Waals surface area (Å²) < 4.78 is 0. The van der Waals surface area contributed by atoms with E-state index in [1.807, 2.05) is 36.1 Å². The Hall–Kier alpha value is -2.28. The monoisotopic (exact) mass is 345 g/mol. The highest BCUT2D eigenvalue weighted by molar-refractivity contribution is 8.03. The number of rotatable bonds is 3. The number of likely N-dealkylation sites (N-methyl/N-ethyl adjacent to an activating group) is 2. The van der Waals surface area contributed by atoms with Gasteiger partial charge in [0.05, 0.1) is 10.7 Å². The summed E-state index contributed by atoms with van der Waals surface area (Å²) in [7, 11) is 0. The quantitative estimate of drug-likeness (QED) is 0.623. The van der Waals surface area contributed by atoms with Gasteiger partial charge in [-0.3, -0.25) is 19.4 Å². The van der Waals surface area contributed by atoms with E-state index >= 15 is 0 Å². The number of benzene rings is 1. The first kappa shape index (κ1) is 16.6. The summed E-state index contributed by atoms with van der Waals surface area (Å²) in [6.45, 7) is 6.55. The van der Waals surface area contributed by atoms with Gasteiger partial charge in [-0.05, 0) is 32.9 Å². The molecule has 0 atom stereocenters. The molecule has 0 unspecified atom stereocenters. The lowest BCUT2D eigenvalue weighted by Gasteiger charge is -2.34. The largest absolute Gasteiger partial charge is 0.334 e. The highest BCUT2D eigenvalue weighted by Crippen LogP contribution is 2.47. The maximum atomic E-state index is 12.8. The van der Waals surface area contributed by atoms with Gasteiger partial charge in [0.15, 0.2) is 0 Å². The van der Waals surface area contributed by atoms with E-state index in [2.05, 4.69) is 0 Å². The molecule has 1 aromatic carbocycles. The topological polar surface area (TPSA) is 60.9 Å². The van der Waals surface area contributed by atoms with Crippen molar-refractivity contribution in [2.75, 3.05) is 24.5 Å². The molecule has 2 aliphatic heterocycles. The molecule has 24 heavy (non-hydrogen) atoms. The van der Waals surface area contributed by atoms with Crippen LogP contribution in [-0.2, 0) is 9.59 Å². The maximum absolute atomic E-state index is 12.8. The molecular formula is C17H19N3O3S. The predicted molar refractivity (Wildman–Crippen MR) is 92.5 cm³/mol. The van der Waals surface area contributed by atoms with Gasteiger partial charge in [-0.1, -0.05) is 23.9 Å². The number of carbonyl (C=O) groups is 3. The van der Waals surface area contributed by atoms with Crippen LogP contribution < -0.4 is 4.90 Å². The van der Waals surface area contributed by atoms with Gasteiger partial charge in [-0.2, -0.15) is 0 Å². The third-order valence-corrected chi connectivity index (χ3v) is 5.33. The van der Waals surface area contributed by atoms with E-state index < -0.39 is 17.8 Å². The molecule has 0 saturated carbocycles. The van der Waals surface area contributed by atoms with Crippen molar-refractivity contribution in [3.8, 4) is 0 Å². The fourth-order valence-corrected chi connectivity index (χ4v) is 4.21.